The highest BCUT2D eigenvalue weighted by molar-refractivity contribution is 9.11. The van der Waals surface area contributed by atoms with Gasteiger partial charge in [0, 0.05) is 13.8 Å². The summed E-state index contributed by atoms with van der Waals surface area (Å²) in [5, 5.41) is 7.77. The maximum absolute atomic E-state index is 12.1. The first kappa shape index (κ1) is 16.6. The van der Waals surface area contributed by atoms with Crippen molar-refractivity contribution in [1.82, 2.24) is 5.32 Å². The van der Waals surface area contributed by atoms with Crippen molar-refractivity contribution in [3.63, 3.8) is 0 Å². The van der Waals surface area contributed by atoms with Gasteiger partial charge in [-0.1, -0.05) is 15.9 Å². The van der Waals surface area contributed by atoms with E-state index in [0.29, 0.717) is 14.9 Å². The summed E-state index contributed by atoms with van der Waals surface area (Å²) >= 11 is 7.67. The van der Waals surface area contributed by atoms with E-state index in [9.17, 15) is 13.2 Å². The fourth-order valence-corrected chi connectivity index (χ4v) is 4.49. The van der Waals surface area contributed by atoms with Crippen molar-refractivity contribution in [2.45, 2.75) is 10.8 Å². The van der Waals surface area contributed by atoms with E-state index in [1.165, 1.54) is 6.07 Å². The minimum absolute atomic E-state index is 0.0802. The number of halogens is 2. The van der Waals surface area contributed by atoms with Crippen molar-refractivity contribution < 1.29 is 13.2 Å². The molecule has 1 amide bonds. The van der Waals surface area contributed by atoms with Crippen LogP contribution in [0, 0.1) is 0 Å². The van der Waals surface area contributed by atoms with E-state index in [1.807, 2.05) is 0 Å². The fourth-order valence-electron chi connectivity index (χ4n) is 1.54. The third-order valence-electron chi connectivity index (χ3n) is 2.52. The summed E-state index contributed by atoms with van der Waals surface area (Å²) in [4.78, 5) is 12.8. The molecule has 0 saturated carbocycles. The summed E-state index contributed by atoms with van der Waals surface area (Å²) < 4.78 is 24.0. The van der Waals surface area contributed by atoms with Gasteiger partial charge in [-0.3, -0.25) is 4.79 Å². The van der Waals surface area contributed by atoms with Gasteiger partial charge in [0.1, 0.15) is 4.21 Å². The van der Waals surface area contributed by atoms with Gasteiger partial charge in [-0.2, -0.15) is 0 Å². The first-order valence-corrected chi connectivity index (χ1v) is 9.57. The van der Waals surface area contributed by atoms with Gasteiger partial charge in [0.2, 0.25) is 10.0 Å². The van der Waals surface area contributed by atoms with Crippen molar-refractivity contribution in [2.75, 3.05) is 0 Å². The summed E-state index contributed by atoms with van der Waals surface area (Å²) in [6.07, 6.45) is 0. The smallest absolute Gasteiger partial charge is 0.252 e. The van der Waals surface area contributed by atoms with Gasteiger partial charge in [0.05, 0.1) is 12.1 Å². The Kier molecular flexibility index (Phi) is 5.20. The zero-order valence-corrected chi connectivity index (χ0v) is 15.3. The Bertz CT molecular complexity index is 788. The number of hydrogen-bond acceptors (Lipinski definition) is 4. The molecule has 1 aromatic carbocycles. The molecule has 0 fully saturated rings. The molecule has 21 heavy (non-hydrogen) atoms. The first-order valence-electron chi connectivity index (χ1n) is 5.62. The zero-order valence-electron chi connectivity index (χ0n) is 10.5. The average Bonchev–Trinajstić information content (AvgIpc) is 2.84. The fraction of sp³-hybridized carbons (Fsp3) is 0.0833. The predicted molar refractivity (Wildman–Crippen MR) is 88.7 cm³/mol. The second-order valence-electron chi connectivity index (χ2n) is 4.07. The molecule has 3 N–H and O–H groups in total. The SMILES string of the molecule is NS(=O)(=O)c1ccc(CNC(=O)c2ccc(Br)cc2Br)s1. The number of rotatable bonds is 4. The quantitative estimate of drug-likeness (QED) is 0.745. The van der Waals surface area contributed by atoms with Gasteiger partial charge in [-0.15, -0.1) is 11.3 Å². The number of amides is 1. The van der Waals surface area contributed by atoms with Crippen LogP contribution in [0.1, 0.15) is 15.2 Å². The molecular weight excluding hydrogens is 444 g/mol. The lowest BCUT2D eigenvalue weighted by molar-refractivity contribution is 0.0950. The maximum Gasteiger partial charge on any atom is 0.252 e. The predicted octanol–water partition coefficient (Wildman–Crippen LogP) is 2.85. The maximum atomic E-state index is 12.1. The highest BCUT2D eigenvalue weighted by Crippen LogP contribution is 2.23. The lowest BCUT2D eigenvalue weighted by Gasteiger charge is -2.06. The number of nitrogens with one attached hydrogen (secondary N) is 1. The highest BCUT2D eigenvalue weighted by atomic mass is 79.9. The lowest BCUT2D eigenvalue weighted by Crippen LogP contribution is -2.22. The number of thiophene rings is 1. The summed E-state index contributed by atoms with van der Waals surface area (Å²) in [6.45, 7) is 0.238. The van der Waals surface area contributed by atoms with Gasteiger partial charge in [-0.25, -0.2) is 13.6 Å². The standard InChI is InChI=1S/C12H10Br2N2O3S2/c13-7-1-3-9(10(14)5-7)12(17)16-6-8-2-4-11(20-8)21(15,18)19/h1-5H,6H2,(H,16,17)(H2,15,18,19). The average molecular weight is 454 g/mol. The van der Waals surface area contributed by atoms with Crippen molar-refractivity contribution in [3.8, 4) is 0 Å². The molecule has 0 saturated heterocycles. The monoisotopic (exact) mass is 452 g/mol. The molecule has 1 aromatic heterocycles. The third kappa shape index (κ3) is 4.36. The van der Waals surface area contributed by atoms with E-state index in [-0.39, 0.29) is 16.7 Å². The Morgan fingerprint density at radius 2 is 1.95 bits per heavy atom. The minimum Gasteiger partial charge on any atom is -0.347 e. The van der Waals surface area contributed by atoms with Gasteiger partial charge in [-0.05, 0) is 46.3 Å². The van der Waals surface area contributed by atoms with Crippen LogP contribution in [0.25, 0.3) is 0 Å². The zero-order chi connectivity index (χ0) is 15.6. The molecule has 0 spiro atoms. The number of carbonyl (C=O) groups is 1. The molecule has 0 aliphatic carbocycles. The molecule has 0 aliphatic heterocycles. The van der Waals surface area contributed by atoms with Crippen LogP contribution in [-0.2, 0) is 16.6 Å². The number of primary sulfonamides is 1. The van der Waals surface area contributed by atoms with Crippen molar-refractivity contribution in [3.05, 3.63) is 49.7 Å². The molecule has 0 atom stereocenters. The van der Waals surface area contributed by atoms with Crippen LogP contribution in [-0.4, -0.2) is 14.3 Å². The lowest BCUT2D eigenvalue weighted by atomic mass is 10.2. The Morgan fingerprint density at radius 3 is 2.52 bits per heavy atom. The topological polar surface area (TPSA) is 89.3 Å². The first-order chi connectivity index (χ1) is 9.77. The number of hydrogen-bond donors (Lipinski definition) is 2. The van der Waals surface area contributed by atoms with E-state index < -0.39 is 10.0 Å². The molecule has 0 unspecified atom stereocenters. The molecule has 0 bridgehead atoms. The molecular formula is C12H10Br2N2O3S2. The van der Waals surface area contributed by atoms with Crippen LogP contribution in [0.2, 0.25) is 0 Å². The number of sulfonamides is 1. The summed E-state index contributed by atoms with van der Waals surface area (Å²) in [5.74, 6) is -0.250. The van der Waals surface area contributed by atoms with E-state index >= 15 is 0 Å². The van der Waals surface area contributed by atoms with Crippen LogP contribution in [0.5, 0.6) is 0 Å². The van der Waals surface area contributed by atoms with Crippen molar-refractivity contribution in [2.24, 2.45) is 5.14 Å². The summed E-state index contributed by atoms with van der Waals surface area (Å²) in [7, 11) is -3.69. The Morgan fingerprint density at radius 1 is 1.24 bits per heavy atom. The van der Waals surface area contributed by atoms with Gasteiger partial charge >= 0.3 is 0 Å². The van der Waals surface area contributed by atoms with Crippen LogP contribution in [0.15, 0.2) is 43.5 Å². The van der Waals surface area contributed by atoms with Gasteiger partial charge in [0.15, 0.2) is 0 Å². The molecule has 112 valence electrons. The van der Waals surface area contributed by atoms with Crippen LogP contribution < -0.4 is 10.5 Å². The number of benzene rings is 1. The molecule has 0 aliphatic rings. The molecule has 5 nitrogen and oxygen atoms in total. The van der Waals surface area contributed by atoms with E-state index in [2.05, 4.69) is 37.2 Å². The van der Waals surface area contributed by atoms with Crippen molar-refractivity contribution >= 4 is 59.1 Å². The van der Waals surface area contributed by atoms with E-state index in [4.69, 9.17) is 5.14 Å². The Balaban J connectivity index is 2.06. The normalized spacial score (nSPS) is 11.4. The molecule has 1 heterocycles. The second-order valence-corrected chi connectivity index (χ2v) is 8.80. The van der Waals surface area contributed by atoms with Crippen LogP contribution in [0.3, 0.4) is 0 Å². The van der Waals surface area contributed by atoms with E-state index in [0.717, 1.165) is 15.8 Å². The molecule has 2 rings (SSSR count). The molecule has 0 radical (unpaired) electrons. The Hall–Kier alpha value is -0.740. The molecule has 2 aromatic rings. The third-order valence-corrected chi connectivity index (χ3v) is 6.19. The van der Waals surface area contributed by atoms with Gasteiger partial charge < -0.3 is 5.32 Å². The number of nitrogens with two attached hydrogens (primary N) is 1. The second kappa shape index (κ2) is 6.57. The van der Waals surface area contributed by atoms with Crippen LogP contribution in [0.4, 0.5) is 0 Å². The minimum atomic E-state index is -3.69. The summed E-state index contributed by atoms with van der Waals surface area (Å²) in [5.41, 5.74) is 0.501. The largest absolute Gasteiger partial charge is 0.347 e. The highest BCUT2D eigenvalue weighted by Gasteiger charge is 2.13. The van der Waals surface area contributed by atoms with Crippen LogP contribution >= 0.6 is 43.2 Å². The molecule has 9 heteroatoms. The van der Waals surface area contributed by atoms with E-state index in [1.54, 1.807) is 24.3 Å². The summed E-state index contributed by atoms with van der Waals surface area (Å²) in [6, 6.07) is 8.29. The van der Waals surface area contributed by atoms with Gasteiger partial charge in [0.25, 0.3) is 5.91 Å². The Labute approximate surface area is 142 Å². The van der Waals surface area contributed by atoms with Crippen molar-refractivity contribution in [1.29, 1.82) is 0 Å². The number of carbonyl (C=O) groups excluding carboxylic acids is 1.